The summed E-state index contributed by atoms with van der Waals surface area (Å²) in [5.41, 5.74) is 10.1. The van der Waals surface area contributed by atoms with Crippen LogP contribution in [0.25, 0.3) is 0 Å². The Labute approximate surface area is 102 Å². The molecule has 2 amide bonds. The van der Waals surface area contributed by atoms with E-state index < -0.39 is 42.3 Å². The molecule has 0 saturated carbocycles. The summed E-state index contributed by atoms with van der Waals surface area (Å²) in [6.45, 7) is 0. The molecule has 0 fully saturated rings. The molecule has 0 spiro atoms. The van der Waals surface area contributed by atoms with Gasteiger partial charge in [0.1, 0.15) is 6.04 Å². The number of carboxylic acids is 2. The second-order valence-electron chi connectivity index (χ2n) is 3.61. The number of nitrogens with one attached hydrogen (secondary N) is 1. The zero-order valence-corrected chi connectivity index (χ0v) is 9.46. The normalized spacial score (nSPS) is 13.4. The van der Waals surface area contributed by atoms with Gasteiger partial charge in [0.05, 0.1) is 12.5 Å². The monoisotopic (exact) mass is 261 g/mol. The third-order valence-electron chi connectivity index (χ3n) is 2.03. The fourth-order valence-corrected chi connectivity index (χ4v) is 1.10. The van der Waals surface area contributed by atoms with Crippen LogP contribution < -0.4 is 16.8 Å². The van der Waals surface area contributed by atoms with Crippen molar-refractivity contribution in [2.45, 2.75) is 31.3 Å². The van der Waals surface area contributed by atoms with Crippen LogP contribution in [-0.2, 0) is 19.2 Å². The second kappa shape index (κ2) is 7.22. The van der Waals surface area contributed by atoms with Crippen LogP contribution in [0.2, 0.25) is 0 Å². The first-order valence-corrected chi connectivity index (χ1v) is 5.03. The van der Waals surface area contributed by atoms with E-state index in [1.54, 1.807) is 0 Å². The Bertz CT molecular complexity index is 356. The van der Waals surface area contributed by atoms with Gasteiger partial charge in [-0.25, -0.2) is 4.79 Å². The van der Waals surface area contributed by atoms with Crippen molar-refractivity contribution < 1.29 is 29.4 Å². The Balaban J connectivity index is 4.40. The number of hydrogen-bond acceptors (Lipinski definition) is 5. The summed E-state index contributed by atoms with van der Waals surface area (Å²) in [5.74, 6) is -4.24. The van der Waals surface area contributed by atoms with Crippen LogP contribution in [0.1, 0.15) is 19.3 Å². The van der Waals surface area contributed by atoms with Crippen molar-refractivity contribution in [1.29, 1.82) is 0 Å². The Morgan fingerprint density at radius 2 is 1.72 bits per heavy atom. The molecule has 0 bridgehead atoms. The molecule has 0 heterocycles. The summed E-state index contributed by atoms with van der Waals surface area (Å²) >= 11 is 0. The Kier molecular flexibility index (Phi) is 6.35. The summed E-state index contributed by atoms with van der Waals surface area (Å²) in [5, 5.41) is 19.2. The quantitative estimate of drug-likeness (QED) is 0.324. The number of carboxylic acid groups (broad SMARTS) is 2. The maximum absolute atomic E-state index is 11.4. The van der Waals surface area contributed by atoms with E-state index in [1.165, 1.54) is 0 Å². The van der Waals surface area contributed by atoms with E-state index >= 15 is 0 Å². The summed E-state index contributed by atoms with van der Waals surface area (Å²) in [7, 11) is 0. The highest BCUT2D eigenvalue weighted by Crippen LogP contribution is 1.99. The number of aliphatic carboxylic acids is 2. The zero-order valence-electron chi connectivity index (χ0n) is 9.46. The molecule has 0 rings (SSSR count). The lowest BCUT2D eigenvalue weighted by Crippen LogP contribution is -2.49. The molecule has 7 N–H and O–H groups in total. The molecule has 0 saturated heterocycles. The minimum absolute atomic E-state index is 0.184. The first kappa shape index (κ1) is 15.8. The van der Waals surface area contributed by atoms with E-state index in [9.17, 15) is 19.2 Å². The molecule has 0 radical (unpaired) electrons. The fraction of sp³-hybridized carbons (Fsp3) is 0.556. The maximum Gasteiger partial charge on any atom is 0.326 e. The van der Waals surface area contributed by atoms with Gasteiger partial charge in [0.2, 0.25) is 11.8 Å². The Hall–Kier alpha value is -2.16. The summed E-state index contributed by atoms with van der Waals surface area (Å²) in [6.07, 6.45) is -1.02. The van der Waals surface area contributed by atoms with Crippen molar-refractivity contribution in [2.24, 2.45) is 11.5 Å². The number of carbonyl (C=O) groups excluding carboxylic acids is 2. The molecule has 0 aliphatic carbocycles. The van der Waals surface area contributed by atoms with E-state index in [0.29, 0.717) is 0 Å². The molecule has 18 heavy (non-hydrogen) atoms. The summed E-state index contributed by atoms with van der Waals surface area (Å²) < 4.78 is 0. The van der Waals surface area contributed by atoms with E-state index in [0.717, 1.165) is 0 Å². The standard InChI is InChI=1S/C9H15N3O6/c10-4(3-7(14)15)8(16)12-5(9(17)18)1-2-6(11)13/h4-5H,1-3,10H2,(H2,11,13)(H,12,16)(H,14,15)(H,17,18)/t4-,5+/m0/s1. The first-order valence-electron chi connectivity index (χ1n) is 5.03. The van der Waals surface area contributed by atoms with Gasteiger partial charge in [-0.15, -0.1) is 0 Å². The number of primary amides is 1. The molecule has 0 unspecified atom stereocenters. The molecule has 0 aliphatic rings. The number of carbonyl (C=O) groups is 4. The van der Waals surface area contributed by atoms with Gasteiger partial charge in [0.25, 0.3) is 0 Å². The lowest BCUT2D eigenvalue weighted by atomic mass is 10.1. The molecule has 0 aromatic carbocycles. The smallest absolute Gasteiger partial charge is 0.326 e. The topological polar surface area (TPSA) is 173 Å². The van der Waals surface area contributed by atoms with Crippen LogP contribution >= 0.6 is 0 Å². The molecular formula is C9H15N3O6. The minimum Gasteiger partial charge on any atom is -0.481 e. The van der Waals surface area contributed by atoms with Crippen LogP contribution in [-0.4, -0.2) is 46.0 Å². The van der Waals surface area contributed by atoms with Crippen molar-refractivity contribution in [3.63, 3.8) is 0 Å². The second-order valence-corrected chi connectivity index (χ2v) is 3.61. The highest BCUT2D eigenvalue weighted by Gasteiger charge is 2.24. The summed E-state index contributed by atoms with van der Waals surface area (Å²) in [4.78, 5) is 42.9. The molecule has 9 nitrogen and oxygen atoms in total. The fourth-order valence-electron chi connectivity index (χ4n) is 1.10. The average Bonchev–Trinajstić information content (AvgIpc) is 2.21. The van der Waals surface area contributed by atoms with Gasteiger partial charge in [-0.2, -0.15) is 0 Å². The number of nitrogens with two attached hydrogens (primary N) is 2. The van der Waals surface area contributed by atoms with Gasteiger partial charge in [0, 0.05) is 6.42 Å². The highest BCUT2D eigenvalue weighted by atomic mass is 16.4. The molecule has 0 aromatic rings. The van der Waals surface area contributed by atoms with Gasteiger partial charge in [-0.05, 0) is 6.42 Å². The van der Waals surface area contributed by atoms with Crippen LogP contribution in [0.5, 0.6) is 0 Å². The van der Waals surface area contributed by atoms with Gasteiger partial charge in [-0.1, -0.05) is 0 Å². The molecule has 102 valence electrons. The predicted molar refractivity (Wildman–Crippen MR) is 58.2 cm³/mol. The summed E-state index contributed by atoms with van der Waals surface area (Å²) in [6, 6.07) is -2.68. The molecule has 0 aliphatic heterocycles. The minimum atomic E-state index is -1.35. The van der Waals surface area contributed by atoms with Crippen molar-refractivity contribution in [1.82, 2.24) is 5.32 Å². The van der Waals surface area contributed by atoms with E-state index in [4.69, 9.17) is 21.7 Å². The predicted octanol–water partition coefficient (Wildman–Crippen LogP) is -2.38. The third-order valence-corrected chi connectivity index (χ3v) is 2.03. The van der Waals surface area contributed by atoms with E-state index in [2.05, 4.69) is 0 Å². The number of hydrogen-bond donors (Lipinski definition) is 5. The van der Waals surface area contributed by atoms with Crippen molar-refractivity contribution >= 4 is 23.8 Å². The molecule has 0 aromatic heterocycles. The Morgan fingerprint density at radius 3 is 2.11 bits per heavy atom. The first-order chi connectivity index (χ1) is 8.23. The van der Waals surface area contributed by atoms with E-state index in [1.807, 2.05) is 5.32 Å². The largest absolute Gasteiger partial charge is 0.481 e. The van der Waals surface area contributed by atoms with Gasteiger partial charge < -0.3 is 27.0 Å². The van der Waals surface area contributed by atoms with Gasteiger partial charge in [-0.3, -0.25) is 14.4 Å². The van der Waals surface area contributed by atoms with Gasteiger partial charge >= 0.3 is 11.9 Å². The van der Waals surface area contributed by atoms with Crippen LogP contribution in [0.3, 0.4) is 0 Å². The van der Waals surface area contributed by atoms with Crippen LogP contribution in [0.15, 0.2) is 0 Å². The van der Waals surface area contributed by atoms with Crippen molar-refractivity contribution in [3.05, 3.63) is 0 Å². The van der Waals surface area contributed by atoms with Crippen LogP contribution in [0, 0.1) is 0 Å². The molecule has 2 atom stereocenters. The van der Waals surface area contributed by atoms with Crippen molar-refractivity contribution in [3.8, 4) is 0 Å². The average molecular weight is 261 g/mol. The van der Waals surface area contributed by atoms with E-state index in [-0.39, 0.29) is 12.8 Å². The number of rotatable bonds is 8. The van der Waals surface area contributed by atoms with Crippen molar-refractivity contribution in [2.75, 3.05) is 0 Å². The Morgan fingerprint density at radius 1 is 1.17 bits per heavy atom. The lowest BCUT2D eigenvalue weighted by Gasteiger charge is -2.16. The zero-order chi connectivity index (χ0) is 14.3. The van der Waals surface area contributed by atoms with Gasteiger partial charge in [0.15, 0.2) is 0 Å². The molecular weight excluding hydrogens is 246 g/mol. The lowest BCUT2D eigenvalue weighted by molar-refractivity contribution is -0.142. The SMILES string of the molecule is NC(=O)CC[C@@H](NC(=O)[C@@H](N)CC(=O)O)C(=O)O. The number of amides is 2. The molecule has 9 heteroatoms. The maximum atomic E-state index is 11.4. The third kappa shape index (κ3) is 6.43. The highest BCUT2D eigenvalue weighted by molar-refractivity contribution is 5.89. The van der Waals surface area contributed by atoms with Crippen LogP contribution in [0.4, 0.5) is 0 Å².